The van der Waals surface area contributed by atoms with E-state index in [9.17, 15) is 24.5 Å². The van der Waals surface area contributed by atoms with Crippen LogP contribution in [0.3, 0.4) is 0 Å². The number of nitrogens with zero attached hydrogens (tertiary/aromatic N) is 3. The molecule has 190 valence electrons. The summed E-state index contributed by atoms with van der Waals surface area (Å²) < 4.78 is 10.7. The first-order chi connectivity index (χ1) is 17.8. The minimum Gasteiger partial charge on any atom is -0.493 e. The second-order valence-corrected chi connectivity index (χ2v) is 9.34. The third-order valence-corrected chi connectivity index (χ3v) is 6.97. The number of allylic oxidation sites excluding steroid dienone is 2. The van der Waals surface area contributed by atoms with Crippen molar-refractivity contribution >= 4 is 46.9 Å². The minimum atomic E-state index is -0.688. The fraction of sp³-hybridized carbons (Fsp3) is 0.280. The van der Waals surface area contributed by atoms with Crippen LogP contribution in [0.1, 0.15) is 12.0 Å². The van der Waals surface area contributed by atoms with E-state index in [1.165, 1.54) is 19.4 Å². The summed E-state index contributed by atoms with van der Waals surface area (Å²) in [5, 5.41) is 19.8. The normalized spacial score (nSPS) is 23.6. The largest absolute Gasteiger partial charge is 0.493 e. The van der Waals surface area contributed by atoms with Crippen LogP contribution in [-0.2, 0) is 14.4 Å². The van der Waals surface area contributed by atoms with E-state index in [1.54, 1.807) is 24.3 Å². The molecule has 0 unspecified atom stereocenters. The number of benzene rings is 2. The number of hydrazone groups is 1. The predicted molar refractivity (Wildman–Crippen MR) is 132 cm³/mol. The molecule has 4 atom stereocenters. The van der Waals surface area contributed by atoms with E-state index in [0.29, 0.717) is 10.7 Å². The summed E-state index contributed by atoms with van der Waals surface area (Å²) in [7, 11) is 1.29. The number of imide groups is 1. The lowest BCUT2D eigenvalue weighted by atomic mass is 9.85. The van der Waals surface area contributed by atoms with Crippen LogP contribution in [0, 0.1) is 33.8 Å². The zero-order valence-electron chi connectivity index (χ0n) is 19.5. The Bertz CT molecular complexity index is 1330. The number of rotatable bonds is 8. The van der Waals surface area contributed by atoms with Gasteiger partial charge in [-0.05, 0) is 48.6 Å². The van der Waals surface area contributed by atoms with Gasteiger partial charge in [0.15, 0.2) is 12.4 Å². The van der Waals surface area contributed by atoms with Crippen molar-refractivity contribution in [3.8, 4) is 11.5 Å². The summed E-state index contributed by atoms with van der Waals surface area (Å²) in [4.78, 5) is 49.0. The number of methoxy groups -OCH3 is 1. The van der Waals surface area contributed by atoms with Gasteiger partial charge >= 0.3 is 5.69 Å². The Morgan fingerprint density at radius 2 is 1.84 bits per heavy atom. The Morgan fingerprint density at radius 1 is 1.19 bits per heavy atom. The Labute approximate surface area is 215 Å². The van der Waals surface area contributed by atoms with E-state index < -0.39 is 35.0 Å². The average Bonchev–Trinajstić information content (AvgIpc) is 3.56. The van der Waals surface area contributed by atoms with Gasteiger partial charge in [0.25, 0.3) is 17.7 Å². The summed E-state index contributed by atoms with van der Waals surface area (Å²) in [5.41, 5.74) is 0.212. The van der Waals surface area contributed by atoms with Crippen LogP contribution in [0.5, 0.6) is 11.5 Å². The molecule has 1 aliphatic heterocycles. The van der Waals surface area contributed by atoms with Crippen LogP contribution in [0.15, 0.2) is 53.7 Å². The van der Waals surface area contributed by atoms with Crippen molar-refractivity contribution in [3.63, 3.8) is 0 Å². The highest BCUT2D eigenvalue weighted by Crippen LogP contribution is 2.52. The van der Waals surface area contributed by atoms with Crippen molar-refractivity contribution in [1.82, 2.24) is 5.01 Å². The summed E-state index contributed by atoms with van der Waals surface area (Å²) in [6.45, 7) is -0.525. The molecular formula is C25H21ClN4O7. The number of amides is 3. The number of halogens is 1. The molecule has 0 spiro atoms. The number of anilines is 1. The maximum atomic E-state index is 12.8. The first-order valence-electron chi connectivity index (χ1n) is 11.4. The van der Waals surface area contributed by atoms with Crippen LogP contribution in [0.2, 0.25) is 5.02 Å². The molecule has 3 amide bonds. The number of nitro benzene ring substituents is 1. The van der Waals surface area contributed by atoms with Crippen LogP contribution in [0.25, 0.3) is 0 Å². The SMILES string of the molecule is COc1cc(C=NN2C(=O)[C@@H]3[C@H](C2=O)[C@H]2C=C[C@H]3C2)cc([N+](=O)[O-])c1OCC(=O)Nc1ccc(Cl)cc1. The Hall–Kier alpha value is -4.25. The van der Waals surface area contributed by atoms with Gasteiger partial charge in [0, 0.05) is 22.3 Å². The number of nitro groups is 1. The van der Waals surface area contributed by atoms with E-state index in [1.807, 2.05) is 12.2 Å². The molecule has 1 saturated carbocycles. The number of hydrogen-bond acceptors (Lipinski definition) is 8. The van der Waals surface area contributed by atoms with E-state index in [0.717, 1.165) is 17.5 Å². The zero-order chi connectivity index (χ0) is 26.3. The van der Waals surface area contributed by atoms with E-state index in [-0.39, 0.29) is 40.7 Å². The average molecular weight is 525 g/mol. The Kier molecular flexibility index (Phi) is 6.38. The van der Waals surface area contributed by atoms with Crippen LogP contribution in [-0.4, -0.2) is 47.6 Å². The lowest BCUT2D eigenvalue weighted by molar-refractivity contribution is -0.385. The van der Waals surface area contributed by atoms with E-state index >= 15 is 0 Å². The fourth-order valence-electron chi connectivity index (χ4n) is 5.11. The molecule has 3 aliphatic rings. The fourth-order valence-corrected chi connectivity index (χ4v) is 5.23. The van der Waals surface area contributed by atoms with Gasteiger partial charge in [-0.15, -0.1) is 0 Å². The Morgan fingerprint density at radius 3 is 2.43 bits per heavy atom. The lowest BCUT2D eigenvalue weighted by Gasteiger charge is -2.13. The highest BCUT2D eigenvalue weighted by atomic mass is 35.5. The van der Waals surface area contributed by atoms with E-state index in [4.69, 9.17) is 21.1 Å². The highest BCUT2D eigenvalue weighted by molar-refractivity contribution is 6.30. The molecule has 2 bridgehead atoms. The van der Waals surface area contributed by atoms with Crippen molar-refractivity contribution in [2.24, 2.45) is 28.8 Å². The molecule has 2 aliphatic carbocycles. The maximum absolute atomic E-state index is 12.8. The van der Waals surface area contributed by atoms with Crippen molar-refractivity contribution < 1.29 is 28.8 Å². The van der Waals surface area contributed by atoms with Gasteiger partial charge in [-0.25, -0.2) is 0 Å². The second kappa shape index (κ2) is 9.66. The van der Waals surface area contributed by atoms with Crippen molar-refractivity contribution in [2.75, 3.05) is 19.0 Å². The molecule has 2 fully saturated rings. The van der Waals surface area contributed by atoms with Gasteiger partial charge in [-0.1, -0.05) is 23.8 Å². The topological polar surface area (TPSA) is 140 Å². The molecule has 0 aromatic heterocycles. The first-order valence-corrected chi connectivity index (χ1v) is 11.8. The number of carbonyl (C=O) groups excluding carboxylic acids is 3. The minimum absolute atomic E-state index is 0.0202. The second-order valence-electron chi connectivity index (χ2n) is 8.90. The molecule has 2 aromatic carbocycles. The summed E-state index contributed by atoms with van der Waals surface area (Å²) in [6.07, 6.45) is 5.95. The quantitative estimate of drug-likeness (QED) is 0.183. The predicted octanol–water partition coefficient (Wildman–Crippen LogP) is 3.42. The lowest BCUT2D eigenvalue weighted by Crippen LogP contribution is -2.28. The third kappa shape index (κ3) is 4.53. The molecule has 5 rings (SSSR count). The molecule has 12 heteroatoms. The summed E-state index contributed by atoms with van der Waals surface area (Å²) in [5.74, 6) is -2.27. The Balaban J connectivity index is 1.32. The van der Waals surface area contributed by atoms with Gasteiger partial charge in [0.05, 0.1) is 30.1 Å². The number of fused-ring (bicyclic) bond motifs is 5. The van der Waals surface area contributed by atoms with Crippen LogP contribution < -0.4 is 14.8 Å². The molecule has 1 saturated heterocycles. The molecular weight excluding hydrogens is 504 g/mol. The van der Waals surface area contributed by atoms with E-state index in [2.05, 4.69) is 10.4 Å². The molecule has 2 aromatic rings. The monoisotopic (exact) mass is 524 g/mol. The van der Waals surface area contributed by atoms with Gasteiger partial charge < -0.3 is 14.8 Å². The number of carbonyl (C=O) groups is 3. The first kappa shape index (κ1) is 24.4. The molecule has 1 heterocycles. The van der Waals surface area contributed by atoms with Gasteiger partial charge in [-0.2, -0.15) is 10.1 Å². The third-order valence-electron chi connectivity index (χ3n) is 6.72. The summed E-state index contributed by atoms with van der Waals surface area (Å²) >= 11 is 5.83. The molecule has 1 N–H and O–H groups in total. The van der Waals surface area contributed by atoms with Crippen molar-refractivity contribution in [2.45, 2.75) is 6.42 Å². The van der Waals surface area contributed by atoms with Gasteiger partial charge in [0.1, 0.15) is 0 Å². The number of nitrogens with one attached hydrogen (secondary N) is 1. The summed E-state index contributed by atoms with van der Waals surface area (Å²) in [6, 6.07) is 8.96. The molecule has 0 radical (unpaired) electrons. The van der Waals surface area contributed by atoms with Crippen LogP contribution in [0.4, 0.5) is 11.4 Å². The standard InChI is InChI=1S/C25H21ClN4O7/c1-36-19-9-13(11-27-29-24(32)21-14-2-3-15(10-14)22(21)25(29)33)8-18(30(34)35)23(19)37-12-20(31)28-17-6-4-16(26)5-7-17/h2-9,11,14-15,21-22H,10,12H2,1H3,(H,28,31)/t14-,15-,21-,22+/m0/s1. The zero-order valence-corrected chi connectivity index (χ0v) is 20.3. The van der Waals surface area contributed by atoms with Crippen LogP contribution >= 0.6 is 11.6 Å². The maximum Gasteiger partial charge on any atom is 0.315 e. The molecule has 37 heavy (non-hydrogen) atoms. The smallest absolute Gasteiger partial charge is 0.315 e. The highest BCUT2D eigenvalue weighted by Gasteiger charge is 2.59. The van der Waals surface area contributed by atoms with Gasteiger partial charge in [0.2, 0.25) is 5.75 Å². The van der Waals surface area contributed by atoms with Crippen molar-refractivity contribution in [3.05, 3.63) is 69.3 Å². The molecule has 11 nitrogen and oxygen atoms in total. The van der Waals surface area contributed by atoms with Crippen molar-refractivity contribution in [1.29, 1.82) is 0 Å². The van der Waals surface area contributed by atoms with Gasteiger partial charge in [-0.3, -0.25) is 24.5 Å². The number of hydrogen-bond donors (Lipinski definition) is 1. The number of ether oxygens (including phenoxy) is 2.